The maximum atomic E-state index is 12.6. The smallest absolute Gasteiger partial charge is 0.270 e. The molecule has 2 aromatic heterocycles. The predicted octanol–water partition coefficient (Wildman–Crippen LogP) is 3.07. The molecular weight excluding hydrogens is 396 g/mol. The lowest BCUT2D eigenvalue weighted by molar-refractivity contribution is -0.128. The zero-order chi connectivity index (χ0) is 22.0. The van der Waals surface area contributed by atoms with Gasteiger partial charge in [0.1, 0.15) is 5.76 Å². The molecule has 31 heavy (non-hydrogen) atoms. The van der Waals surface area contributed by atoms with Gasteiger partial charge in [-0.25, -0.2) is 0 Å². The molecular formula is C23H24N4O4. The Kier molecular flexibility index (Phi) is 5.62. The van der Waals surface area contributed by atoms with Gasteiger partial charge in [0.25, 0.3) is 5.91 Å². The third-order valence-corrected chi connectivity index (χ3v) is 5.41. The number of carbonyl (C=O) groups is 3. The fourth-order valence-electron chi connectivity index (χ4n) is 3.65. The van der Waals surface area contributed by atoms with Crippen molar-refractivity contribution in [1.29, 1.82) is 0 Å². The molecule has 1 aromatic carbocycles. The molecule has 0 bridgehead atoms. The van der Waals surface area contributed by atoms with Gasteiger partial charge in [-0.1, -0.05) is 0 Å². The minimum absolute atomic E-state index is 0.0702. The second-order valence-corrected chi connectivity index (χ2v) is 7.71. The van der Waals surface area contributed by atoms with E-state index in [-0.39, 0.29) is 24.1 Å². The van der Waals surface area contributed by atoms with Crippen molar-refractivity contribution in [1.82, 2.24) is 9.58 Å². The number of furan rings is 1. The molecule has 0 unspecified atom stereocenters. The van der Waals surface area contributed by atoms with Crippen molar-refractivity contribution in [3.05, 3.63) is 77.5 Å². The monoisotopic (exact) mass is 420 g/mol. The summed E-state index contributed by atoms with van der Waals surface area (Å²) in [6, 6.07) is 14.1. The molecule has 8 heteroatoms. The number of anilines is 1. The SMILES string of the molecule is Cc1ccc(C)n1NC(=O)c1ccc(NC(=O)[C@H]2CC(=O)N(Cc3ccco3)C2)cc1. The van der Waals surface area contributed by atoms with Crippen LogP contribution in [0.25, 0.3) is 0 Å². The summed E-state index contributed by atoms with van der Waals surface area (Å²) >= 11 is 0. The highest BCUT2D eigenvalue weighted by atomic mass is 16.3. The number of amides is 3. The summed E-state index contributed by atoms with van der Waals surface area (Å²) in [6.07, 6.45) is 1.73. The molecule has 160 valence electrons. The Morgan fingerprint density at radius 2 is 1.77 bits per heavy atom. The van der Waals surface area contributed by atoms with E-state index in [4.69, 9.17) is 4.42 Å². The van der Waals surface area contributed by atoms with E-state index in [1.165, 1.54) is 0 Å². The Morgan fingerprint density at radius 1 is 1.06 bits per heavy atom. The van der Waals surface area contributed by atoms with Crippen LogP contribution in [-0.4, -0.2) is 33.8 Å². The van der Waals surface area contributed by atoms with Gasteiger partial charge in [-0.2, -0.15) is 0 Å². The topological polar surface area (TPSA) is 96.6 Å². The van der Waals surface area contributed by atoms with Crippen LogP contribution in [0.4, 0.5) is 5.69 Å². The number of nitrogens with one attached hydrogen (secondary N) is 2. The maximum Gasteiger partial charge on any atom is 0.270 e. The van der Waals surface area contributed by atoms with Crippen LogP contribution < -0.4 is 10.7 Å². The van der Waals surface area contributed by atoms with E-state index in [0.29, 0.717) is 30.1 Å². The van der Waals surface area contributed by atoms with Gasteiger partial charge in [0.05, 0.1) is 18.7 Å². The first-order chi connectivity index (χ1) is 14.9. The van der Waals surface area contributed by atoms with Gasteiger partial charge in [0, 0.05) is 35.6 Å². The molecule has 3 aromatic rings. The molecule has 3 amide bonds. The summed E-state index contributed by atoms with van der Waals surface area (Å²) in [5.74, 6) is -0.265. The number of hydrogen-bond acceptors (Lipinski definition) is 4. The fraction of sp³-hybridized carbons (Fsp3) is 0.261. The minimum atomic E-state index is -0.426. The van der Waals surface area contributed by atoms with Gasteiger partial charge < -0.3 is 14.6 Å². The molecule has 2 N–H and O–H groups in total. The Bertz CT molecular complexity index is 1080. The number of carbonyl (C=O) groups excluding carboxylic acids is 3. The van der Waals surface area contributed by atoms with Crippen LogP contribution in [0.1, 0.15) is 33.9 Å². The van der Waals surface area contributed by atoms with Gasteiger partial charge in [0.15, 0.2) is 0 Å². The molecule has 1 fully saturated rings. The molecule has 0 radical (unpaired) electrons. The van der Waals surface area contributed by atoms with Crippen LogP contribution >= 0.6 is 0 Å². The number of likely N-dealkylation sites (tertiary alicyclic amines) is 1. The standard InChI is InChI=1S/C23H24N4O4/c1-15-5-6-16(2)27(15)25-23(30)17-7-9-19(10-8-17)24-22(29)18-12-21(28)26(13-18)14-20-4-3-11-31-20/h3-11,18H,12-14H2,1-2H3,(H,24,29)(H,25,30)/t18-/m0/s1. The van der Waals surface area contributed by atoms with E-state index in [0.717, 1.165) is 11.4 Å². The summed E-state index contributed by atoms with van der Waals surface area (Å²) in [7, 11) is 0. The molecule has 0 spiro atoms. The summed E-state index contributed by atoms with van der Waals surface area (Å²) in [6.45, 7) is 4.53. The number of rotatable bonds is 6. The molecule has 3 heterocycles. The lowest BCUT2D eigenvalue weighted by Crippen LogP contribution is -2.28. The number of aromatic nitrogens is 1. The Balaban J connectivity index is 1.34. The van der Waals surface area contributed by atoms with Crippen molar-refractivity contribution in [2.45, 2.75) is 26.8 Å². The van der Waals surface area contributed by atoms with Crippen LogP contribution in [0, 0.1) is 19.8 Å². The van der Waals surface area contributed by atoms with Crippen molar-refractivity contribution < 1.29 is 18.8 Å². The fourth-order valence-corrected chi connectivity index (χ4v) is 3.65. The molecule has 1 saturated heterocycles. The van der Waals surface area contributed by atoms with E-state index in [1.807, 2.05) is 26.0 Å². The zero-order valence-corrected chi connectivity index (χ0v) is 17.4. The van der Waals surface area contributed by atoms with E-state index >= 15 is 0 Å². The predicted molar refractivity (Wildman–Crippen MR) is 115 cm³/mol. The van der Waals surface area contributed by atoms with E-state index in [9.17, 15) is 14.4 Å². The van der Waals surface area contributed by atoms with Gasteiger partial charge >= 0.3 is 0 Å². The highest BCUT2D eigenvalue weighted by molar-refractivity contribution is 6.01. The second-order valence-electron chi connectivity index (χ2n) is 7.71. The van der Waals surface area contributed by atoms with Gasteiger partial charge in [-0.15, -0.1) is 0 Å². The molecule has 0 aliphatic carbocycles. The molecule has 1 aliphatic heterocycles. The first kappa shape index (κ1) is 20.5. The van der Waals surface area contributed by atoms with E-state index < -0.39 is 5.92 Å². The Hall–Kier alpha value is -3.81. The molecule has 1 atom stereocenters. The summed E-state index contributed by atoms with van der Waals surface area (Å²) in [5, 5.41) is 2.84. The number of aryl methyl sites for hydroxylation is 2. The molecule has 4 rings (SSSR count). The average Bonchev–Trinajstić information content (AvgIpc) is 3.47. The van der Waals surface area contributed by atoms with Gasteiger partial charge in [0.2, 0.25) is 11.8 Å². The zero-order valence-electron chi connectivity index (χ0n) is 17.4. The van der Waals surface area contributed by atoms with Crippen LogP contribution in [0.15, 0.2) is 59.2 Å². The molecule has 1 aliphatic rings. The van der Waals surface area contributed by atoms with Crippen molar-refractivity contribution >= 4 is 23.4 Å². The van der Waals surface area contributed by atoms with Crippen molar-refractivity contribution in [2.75, 3.05) is 17.3 Å². The number of hydrogen-bond donors (Lipinski definition) is 2. The maximum absolute atomic E-state index is 12.6. The van der Waals surface area contributed by atoms with Gasteiger partial charge in [-0.05, 0) is 62.4 Å². The van der Waals surface area contributed by atoms with Crippen LogP contribution in [0.2, 0.25) is 0 Å². The lowest BCUT2D eigenvalue weighted by Gasteiger charge is -2.15. The van der Waals surface area contributed by atoms with Crippen LogP contribution in [-0.2, 0) is 16.1 Å². The molecule has 0 saturated carbocycles. The Morgan fingerprint density at radius 3 is 2.42 bits per heavy atom. The highest BCUT2D eigenvalue weighted by Gasteiger charge is 2.34. The van der Waals surface area contributed by atoms with Crippen LogP contribution in [0.3, 0.4) is 0 Å². The number of nitrogens with zero attached hydrogens (tertiary/aromatic N) is 2. The van der Waals surface area contributed by atoms with Crippen LogP contribution in [0.5, 0.6) is 0 Å². The summed E-state index contributed by atoms with van der Waals surface area (Å²) in [5.41, 5.74) is 5.77. The summed E-state index contributed by atoms with van der Waals surface area (Å²) in [4.78, 5) is 39.0. The van der Waals surface area contributed by atoms with E-state index in [2.05, 4.69) is 10.7 Å². The quantitative estimate of drug-likeness (QED) is 0.641. The highest BCUT2D eigenvalue weighted by Crippen LogP contribution is 2.22. The normalized spacial score (nSPS) is 15.9. The van der Waals surface area contributed by atoms with Crippen molar-refractivity contribution in [2.24, 2.45) is 5.92 Å². The van der Waals surface area contributed by atoms with Gasteiger partial charge in [-0.3, -0.25) is 24.5 Å². The Labute approximate surface area is 179 Å². The lowest BCUT2D eigenvalue weighted by atomic mass is 10.1. The minimum Gasteiger partial charge on any atom is -0.467 e. The third-order valence-electron chi connectivity index (χ3n) is 5.41. The van der Waals surface area contributed by atoms with Crippen molar-refractivity contribution in [3.63, 3.8) is 0 Å². The first-order valence-corrected chi connectivity index (χ1v) is 10.1. The molecule has 8 nitrogen and oxygen atoms in total. The first-order valence-electron chi connectivity index (χ1n) is 10.1. The summed E-state index contributed by atoms with van der Waals surface area (Å²) < 4.78 is 7.01. The third kappa shape index (κ3) is 4.53. The second kappa shape index (κ2) is 8.51. The number of benzene rings is 1. The average molecular weight is 420 g/mol. The largest absolute Gasteiger partial charge is 0.467 e. The van der Waals surface area contributed by atoms with Crippen molar-refractivity contribution in [3.8, 4) is 0 Å². The van der Waals surface area contributed by atoms with E-state index in [1.54, 1.807) is 52.2 Å².